The second-order valence-electron chi connectivity index (χ2n) is 4.64. The van der Waals surface area contributed by atoms with Crippen LogP contribution in [0, 0.1) is 5.92 Å². The summed E-state index contributed by atoms with van der Waals surface area (Å²) in [7, 11) is 0. The molecule has 4 heteroatoms. The molecule has 18 heavy (non-hydrogen) atoms. The van der Waals surface area contributed by atoms with Gasteiger partial charge in [-0.3, -0.25) is 4.79 Å². The minimum absolute atomic E-state index is 0.0169. The molecular formula is C14H14ClNO2. The van der Waals surface area contributed by atoms with E-state index < -0.39 is 0 Å². The third kappa shape index (κ3) is 1.93. The van der Waals surface area contributed by atoms with E-state index in [1.54, 1.807) is 6.20 Å². The van der Waals surface area contributed by atoms with Crippen molar-refractivity contribution in [3.63, 3.8) is 0 Å². The number of nitrogens with one attached hydrogen (secondary N) is 1. The number of carbonyl (C=O) groups excluding carboxylic acids is 1. The van der Waals surface area contributed by atoms with Gasteiger partial charge in [-0.2, -0.15) is 0 Å². The number of aromatic amines is 1. The summed E-state index contributed by atoms with van der Waals surface area (Å²) in [6.07, 6.45) is 3.62. The maximum absolute atomic E-state index is 12.4. The van der Waals surface area contributed by atoms with Crippen LogP contribution in [0.4, 0.5) is 0 Å². The Morgan fingerprint density at radius 3 is 3.11 bits per heavy atom. The normalized spacial score (nSPS) is 20.2. The largest absolute Gasteiger partial charge is 0.381 e. The first-order valence-electron chi connectivity index (χ1n) is 6.15. The molecule has 1 aliphatic rings. The van der Waals surface area contributed by atoms with Gasteiger partial charge in [-0.15, -0.1) is 0 Å². The van der Waals surface area contributed by atoms with Gasteiger partial charge in [0.2, 0.25) is 0 Å². The van der Waals surface area contributed by atoms with E-state index in [-0.39, 0.29) is 11.7 Å². The van der Waals surface area contributed by atoms with Gasteiger partial charge < -0.3 is 9.72 Å². The number of fused-ring (bicyclic) bond motifs is 1. The smallest absolute Gasteiger partial charge is 0.170 e. The Morgan fingerprint density at radius 1 is 1.44 bits per heavy atom. The van der Waals surface area contributed by atoms with E-state index in [1.165, 1.54) is 0 Å². The molecule has 1 aromatic heterocycles. The van der Waals surface area contributed by atoms with Crippen molar-refractivity contribution >= 4 is 28.3 Å². The zero-order valence-corrected chi connectivity index (χ0v) is 10.7. The summed E-state index contributed by atoms with van der Waals surface area (Å²) in [6.45, 7) is 1.30. The quantitative estimate of drug-likeness (QED) is 0.844. The van der Waals surface area contributed by atoms with Crippen LogP contribution in [0.15, 0.2) is 24.4 Å². The average molecular weight is 264 g/mol. The van der Waals surface area contributed by atoms with Gasteiger partial charge >= 0.3 is 0 Å². The van der Waals surface area contributed by atoms with E-state index in [1.807, 2.05) is 18.2 Å². The van der Waals surface area contributed by atoms with Crippen LogP contribution in [0.5, 0.6) is 0 Å². The topological polar surface area (TPSA) is 42.1 Å². The average Bonchev–Trinajstić information content (AvgIpc) is 2.84. The number of benzene rings is 1. The molecule has 0 saturated carbocycles. The van der Waals surface area contributed by atoms with Crippen molar-refractivity contribution in [2.45, 2.75) is 12.8 Å². The minimum atomic E-state index is -0.0169. The summed E-state index contributed by atoms with van der Waals surface area (Å²) in [4.78, 5) is 15.5. The molecule has 94 valence electrons. The van der Waals surface area contributed by atoms with Gasteiger partial charge in [0, 0.05) is 29.7 Å². The highest BCUT2D eigenvalue weighted by Gasteiger charge is 2.25. The van der Waals surface area contributed by atoms with Crippen LogP contribution in [-0.4, -0.2) is 24.0 Å². The highest BCUT2D eigenvalue weighted by Crippen LogP contribution is 2.28. The zero-order valence-electron chi connectivity index (χ0n) is 9.91. The second kappa shape index (κ2) is 4.75. The lowest BCUT2D eigenvalue weighted by atomic mass is 9.92. The van der Waals surface area contributed by atoms with Crippen molar-refractivity contribution in [1.82, 2.24) is 4.98 Å². The molecule has 1 atom stereocenters. The Morgan fingerprint density at radius 2 is 2.33 bits per heavy atom. The first-order chi connectivity index (χ1) is 8.77. The Labute approximate surface area is 110 Å². The molecule has 1 fully saturated rings. The number of rotatable bonds is 2. The van der Waals surface area contributed by atoms with E-state index in [2.05, 4.69) is 4.98 Å². The molecule has 1 aliphatic heterocycles. The molecule has 0 bridgehead atoms. The number of ether oxygens (including phenoxy) is 1. The fourth-order valence-electron chi connectivity index (χ4n) is 2.49. The number of H-pyrrole nitrogens is 1. The molecular weight excluding hydrogens is 250 g/mol. The molecule has 1 unspecified atom stereocenters. The predicted octanol–water partition coefficient (Wildman–Crippen LogP) is 3.43. The maximum Gasteiger partial charge on any atom is 0.170 e. The summed E-state index contributed by atoms with van der Waals surface area (Å²) in [5.74, 6) is 0.139. The molecule has 0 amide bonds. The van der Waals surface area contributed by atoms with E-state index in [9.17, 15) is 4.79 Å². The molecule has 1 N–H and O–H groups in total. The van der Waals surface area contributed by atoms with E-state index in [4.69, 9.17) is 16.3 Å². The second-order valence-corrected chi connectivity index (χ2v) is 5.05. The molecule has 0 aliphatic carbocycles. The van der Waals surface area contributed by atoms with E-state index >= 15 is 0 Å². The van der Waals surface area contributed by atoms with Gasteiger partial charge in [-0.25, -0.2) is 0 Å². The lowest BCUT2D eigenvalue weighted by Gasteiger charge is -2.20. The van der Waals surface area contributed by atoms with Crippen molar-refractivity contribution in [3.8, 4) is 0 Å². The number of ketones is 1. The van der Waals surface area contributed by atoms with Gasteiger partial charge in [0.1, 0.15) is 0 Å². The lowest BCUT2D eigenvalue weighted by Crippen LogP contribution is -2.25. The number of carbonyl (C=O) groups is 1. The number of para-hydroxylation sites is 1. The molecule has 3 nitrogen and oxygen atoms in total. The van der Waals surface area contributed by atoms with Crippen molar-refractivity contribution in [1.29, 1.82) is 0 Å². The van der Waals surface area contributed by atoms with Crippen LogP contribution in [-0.2, 0) is 4.74 Å². The van der Waals surface area contributed by atoms with Gasteiger partial charge in [-0.05, 0) is 18.9 Å². The number of hydrogen-bond donors (Lipinski definition) is 1. The van der Waals surface area contributed by atoms with Gasteiger partial charge in [-0.1, -0.05) is 23.7 Å². The molecule has 0 spiro atoms. The van der Waals surface area contributed by atoms with Crippen LogP contribution in [0.3, 0.4) is 0 Å². The standard InChI is InChI=1S/C14H14ClNO2/c15-12-5-1-4-10-11(7-16-13(10)12)14(17)9-3-2-6-18-8-9/h1,4-5,7,9,16H,2-3,6,8H2. The highest BCUT2D eigenvalue weighted by atomic mass is 35.5. The number of aromatic nitrogens is 1. The fourth-order valence-corrected chi connectivity index (χ4v) is 2.72. The number of halogens is 1. The van der Waals surface area contributed by atoms with Crippen LogP contribution in [0.1, 0.15) is 23.2 Å². The Bertz CT molecular complexity index is 584. The molecule has 2 aromatic rings. The van der Waals surface area contributed by atoms with Crippen LogP contribution < -0.4 is 0 Å². The Balaban J connectivity index is 1.98. The van der Waals surface area contributed by atoms with Crippen molar-refractivity contribution < 1.29 is 9.53 Å². The Hall–Kier alpha value is -1.32. The summed E-state index contributed by atoms with van der Waals surface area (Å²) in [5.41, 5.74) is 1.56. The van der Waals surface area contributed by atoms with E-state index in [0.29, 0.717) is 11.6 Å². The third-order valence-corrected chi connectivity index (χ3v) is 3.78. The van der Waals surface area contributed by atoms with Crippen LogP contribution in [0.2, 0.25) is 5.02 Å². The van der Waals surface area contributed by atoms with Gasteiger partial charge in [0.25, 0.3) is 0 Å². The summed E-state index contributed by atoms with van der Waals surface area (Å²) >= 11 is 6.09. The first kappa shape index (κ1) is 11.8. The van der Waals surface area contributed by atoms with Crippen molar-refractivity contribution in [3.05, 3.63) is 35.0 Å². The van der Waals surface area contributed by atoms with Crippen LogP contribution in [0.25, 0.3) is 10.9 Å². The molecule has 2 heterocycles. The summed E-state index contributed by atoms with van der Waals surface area (Å²) < 4.78 is 5.38. The number of hydrogen-bond acceptors (Lipinski definition) is 2. The lowest BCUT2D eigenvalue weighted by molar-refractivity contribution is 0.0462. The maximum atomic E-state index is 12.4. The monoisotopic (exact) mass is 263 g/mol. The summed E-state index contributed by atoms with van der Waals surface area (Å²) in [6, 6.07) is 5.61. The minimum Gasteiger partial charge on any atom is -0.381 e. The van der Waals surface area contributed by atoms with Crippen molar-refractivity contribution in [2.24, 2.45) is 5.92 Å². The zero-order chi connectivity index (χ0) is 12.5. The molecule has 1 saturated heterocycles. The fraction of sp³-hybridized carbons (Fsp3) is 0.357. The Kier molecular flexibility index (Phi) is 3.10. The molecule has 1 aromatic carbocycles. The van der Waals surface area contributed by atoms with E-state index in [0.717, 1.165) is 35.9 Å². The molecule has 3 rings (SSSR count). The number of Topliss-reactive ketones (excluding diaryl/α,β-unsaturated/α-hetero) is 1. The van der Waals surface area contributed by atoms with Crippen molar-refractivity contribution in [2.75, 3.05) is 13.2 Å². The first-order valence-corrected chi connectivity index (χ1v) is 6.52. The van der Waals surface area contributed by atoms with Crippen LogP contribution >= 0.6 is 11.6 Å². The van der Waals surface area contributed by atoms with Gasteiger partial charge in [0.05, 0.1) is 17.1 Å². The SMILES string of the molecule is O=C(c1c[nH]c2c(Cl)cccc12)C1CCCOC1. The molecule has 0 radical (unpaired) electrons. The predicted molar refractivity (Wildman–Crippen MR) is 71.2 cm³/mol. The summed E-state index contributed by atoms with van der Waals surface area (Å²) in [5, 5.41) is 1.55. The highest BCUT2D eigenvalue weighted by molar-refractivity contribution is 6.35. The van der Waals surface area contributed by atoms with Gasteiger partial charge in [0.15, 0.2) is 5.78 Å². The third-order valence-electron chi connectivity index (χ3n) is 3.46.